The Hall–Kier alpha value is -1.75. The maximum Gasteiger partial charge on any atom is 0.190 e. The Bertz CT molecular complexity index is 539. The van der Waals surface area contributed by atoms with E-state index in [1.54, 1.807) is 7.11 Å². The van der Waals surface area contributed by atoms with Crippen LogP contribution in [0.1, 0.15) is 38.2 Å². The predicted molar refractivity (Wildman–Crippen MR) is 110 cm³/mol. The number of guanidine groups is 1. The van der Waals surface area contributed by atoms with Gasteiger partial charge < -0.3 is 20.3 Å². The Kier molecular flexibility index (Phi) is 9.32. The molecule has 0 aromatic heterocycles. The number of hydrogen-bond acceptors (Lipinski definition) is 3. The molecule has 0 bridgehead atoms. The van der Waals surface area contributed by atoms with Crippen LogP contribution in [0, 0.1) is 5.92 Å². The van der Waals surface area contributed by atoms with Gasteiger partial charge in [0.15, 0.2) is 5.96 Å². The van der Waals surface area contributed by atoms with Gasteiger partial charge in [0.2, 0.25) is 0 Å². The molecule has 1 heterocycles. The molecular formula is C21H36N4O. The van der Waals surface area contributed by atoms with Gasteiger partial charge in [0.1, 0.15) is 5.75 Å². The van der Waals surface area contributed by atoms with Gasteiger partial charge in [-0.1, -0.05) is 25.1 Å². The van der Waals surface area contributed by atoms with Crippen molar-refractivity contribution in [2.45, 2.75) is 39.0 Å². The number of likely N-dealkylation sites (tertiary alicyclic amines) is 1. The zero-order valence-electron chi connectivity index (χ0n) is 16.8. The third-order valence-corrected chi connectivity index (χ3v) is 5.17. The average molecular weight is 361 g/mol. The number of aliphatic imine (C=N–C) groups is 1. The fraction of sp³-hybridized carbons (Fsp3) is 0.667. The average Bonchev–Trinajstić information content (AvgIpc) is 2.68. The summed E-state index contributed by atoms with van der Waals surface area (Å²) in [6.45, 7) is 7.97. The predicted octanol–water partition coefficient (Wildman–Crippen LogP) is 2.91. The van der Waals surface area contributed by atoms with Gasteiger partial charge in [-0.25, -0.2) is 0 Å². The molecule has 5 heteroatoms. The van der Waals surface area contributed by atoms with Gasteiger partial charge in [0.25, 0.3) is 0 Å². The summed E-state index contributed by atoms with van der Waals surface area (Å²) in [5.41, 5.74) is 1.22. The summed E-state index contributed by atoms with van der Waals surface area (Å²) in [5.74, 6) is 2.74. The first-order valence-corrected chi connectivity index (χ1v) is 10.0. The van der Waals surface area contributed by atoms with E-state index in [2.05, 4.69) is 33.5 Å². The fourth-order valence-corrected chi connectivity index (χ4v) is 3.40. The van der Waals surface area contributed by atoms with Crippen molar-refractivity contribution in [3.05, 3.63) is 29.8 Å². The highest BCUT2D eigenvalue weighted by Gasteiger charge is 2.14. The summed E-state index contributed by atoms with van der Waals surface area (Å²) in [6, 6.07) is 8.16. The Balaban J connectivity index is 1.56. The van der Waals surface area contributed by atoms with Gasteiger partial charge >= 0.3 is 0 Å². The largest absolute Gasteiger partial charge is 0.496 e. The quantitative estimate of drug-likeness (QED) is 0.404. The minimum atomic E-state index is 0.839. The molecule has 0 spiro atoms. The van der Waals surface area contributed by atoms with Gasteiger partial charge in [-0.05, 0) is 69.3 Å². The maximum absolute atomic E-state index is 5.40. The van der Waals surface area contributed by atoms with E-state index >= 15 is 0 Å². The molecule has 2 rings (SSSR count). The summed E-state index contributed by atoms with van der Waals surface area (Å²) < 4.78 is 5.40. The van der Waals surface area contributed by atoms with Gasteiger partial charge in [0.05, 0.1) is 7.11 Å². The normalized spacial score (nSPS) is 16.5. The molecule has 0 amide bonds. The number of unbranched alkanes of at least 4 members (excludes halogenated alkanes) is 1. The molecule has 26 heavy (non-hydrogen) atoms. The summed E-state index contributed by atoms with van der Waals surface area (Å²) in [4.78, 5) is 6.92. The molecule has 1 aliphatic rings. The molecule has 0 aliphatic carbocycles. The second kappa shape index (κ2) is 11.8. The number of ether oxygens (including phenoxy) is 1. The van der Waals surface area contributed by atoms with Gasteiger partial charge in [-0.3, -0.25) is 4.99 Å². The molecule has 1 aromatic rings. The van der Waals surface area contributed by atoms with Crippen LogP contribution >= 0.6 is 0 Å². The smallest absolute Gasteiger partial charge is 0.190 e. The molecule has 1 aromatic carbocycles. The number of benzene rings is 1. The number of para-hydroxylation sites is 1. The number of piperidine rings is 1. The van der Waals surface area contributed by atoms with Crippen LogP contribution in [0.4, 0.5) is 0 Å². The topological polar surface area (TPSA) is 48.9 Å². The zero-order valence-corrected chi connectivity index (χ0v) is 16.8. The van der Waals surface area contributed by atoms with Crippen molar-refractivity contribution >= 4 is 5.96 Å². The van der Waals surface area contributed by atoms with Crippen LogP contribution in [-0.4, -0.2) is 57.7 Å². The number of rotatable bonds is 9. The lowest BCUT2D eigenvalue weighted by atomic mass is 9.99. The first-order valence-electron chi connectivity index (χ1n) is 10.0. The van der Waals surface area contributed by atoms with Crippen molar-refractivity contribution in [2.75, 3.05) is 46.9 Å². The first-order chi connectivity index (χ1) is 12.7. The standard InChI is InChI=1S/C21H36N4O/c1-18-11-16-25(17-12-18)15-7-6-13-23-21(22-2)24-14-10-19-8-4-5-9-20(19)26-3/h4-5,8-9,18H,6-7,10-17H2,1-3H3,(H2,22,23,24). The highest BCUT2D eigenvalue weighted by Crippen LogP contribution is 2.17. The van der Waals surface area contributed by atoms with Crippen molar-refractivity contribution in [2.24, 2.45) is 10.9 Å². The zero-order chi connectivity index (χ0) is 18.6. The lowest BCUT2D eigenvalue weighted by Gasteiger charge is -2.30. The Morgan fingerprint density at radius 2 is 1.88 bits per heavy atom. The van der Waals surface area contributed by atoms with E-state index in [0.29, 0.717) is 0 Å². The van der Waals surface area contributed by atoms with E-state index in [1.165, 1.54) is 50.9 Å². The second-order valence-electron chi connectivity index (χ2n) is 7.22. The summed E-state index contributed by atoms with van der Waals surface area (Å²) >= 11 is 0. The molecule has 0 unspecified atom stereocenters. The molecular weight excluding hydrogens is 324 g/mol. The number of nitrogens with one attached hydrogen (secondary N) is 2. The number of hydrogen-bond donors (Lipinski definition) is 2. The van der Waals surface area contributed by atoms with Gasteiger partial charge in [-0.2, -0.15) is 0 Å². The van der Waals surface area contributed by atoms with Crippen molar-refractivity contribution in [3.8, 4) is 5.75 Å². The highest BCUT2D eigenvalue weighted by molar-refractivity contribution is 5.79. The van der Waals surface area contributed by atoms with E-state index in [9.17, 15) is 0 Å². The summed E-state index contributed by atoms with van der Waals surface area (Å²) in [5, 5.41) is 6.81. The SMILES string of the molecule is CN=C(NCCCCN1CCC(C)CC1)NCCc1ccccc1OC. The molecule has 146 valence electrons. The summed E-state index contributed by atoms with van der Waals surface area (Å²) in [7, 11) is 3.55. The van der Waals surface area contributed by atoms with Crippen molar-refractivity contribution in [1.29, 1.82) is 0 Å². The van der Waals surface area contributed by atoms with Crippen LogP contribution in [-0.2, 0) is 6.42 Å². The Labute approximate surface area is 159 Å². The Morgan fingerprint density at radius 1 is 1.15 bits per heavy atom. The fourth-order valence-electron chi connectivity index (χ4n) is 3.40. The van der Waals surface area contributed by atoms with Crippen molar-refractivity contribution in [1.82, 2.24) is 15.5 Å². The van der Waals surface area contributed by atoms with Crippen molar-refractivity contribution < 1.29 is 4.74 Å². The van der Waals surface area contributed by atoms with Gasteiger partial charge in [-0.15, -0.1) is 0 Å². The second-order valence-corrected chi connectivity index (χ2v) is 7.22. The minimum Gasteiger partial charge on any atom is -0.496 e. The van der Waals surface area contributed by atoms with Crippen LogP contribution in [0.2, 0.25) is 0 Å². The van der Waals surface area contributed by atoms with Crippen LogP contribution in [0.3, 0.4) is 0 Å². The van der Waals surface area contributed by atoms with Crippen LogP contribution in [0.25, 0.3) is 0 Å². The third-order valence-electron chi connectivity index (χ3n) is 5.17. The molecule has 1 fully saturated rings. The molecule has 0 saturated carbocycles. The molecule has 0 radical (unpaired) electrons. The van der Waals surface area contributed by atoms with E-state index in [-0.39, 0.29) is 0 Å². The molecule has 1 saturated heterocycles. The van der Waals surface area contributed by atoms with E-state index in [1.807, 2.05) is 25.2 Å². The van der Waals surface area contributed by atoms with Crippen LogP contribution in [0.5, 0.6) is 5.75 Å². The third kappa shape index (κ3) is 7.24. The van der Waals surface area contributed by atoms with Crippen LogP contribution in [0.15, 0.2) is 29.3 Å². The van der Waals surface area contributed by atoms with E-state index < -0.39 is 0 Å². The van der Waals surface area contributed by atoms with E-state index in [0.717, 1.165) is 37.1 Å². The molecule has 1 aliphatic heterocycles. The molecule has 0 atom stereocenters. The maximum atomic E-state index is 5.40. The molecule has 5 nitrogen and oxygen atoms in total. The lowest BCUT2D eigenvalue weighted by Crippen LogP contribution is -2.39. The Morgan fingerprint density at radius 3 is 2.62 bits per heavy atom. The van der Waals surface area contributed by atoms with Crippen molar-refractivity contribution in [3.63, 3.8) is 0 Å². The monoisotopic (exact) mass is 360 g/mol. The minimum absolute atomic E-state index is 0.839. The van der Waals surface area contributed by atoms with E-state index in [4.69, 9.17) is 4.74 Å². The number of nitrogens with zero attached hydrogens (tertiary/aromatic N) is 2. The highest BCUT2D eigenvalue weighted by atomic mass is 16.5. The van der Waals surface area contributed by atoms with Crippen LogP contribution < -0.4 is 15.4 Å². The summed E-state index contributed by atoms with van der Waals surface area (Å²) in [6.07, 6.45) is 6.07. The first kappa shape index (κ1) is 20.6. The molecule has 2 N–H and O–H groups in total. The lowest BCUT2D eigenvalue weighted by molar-refractivity contribution is 0.189. The number of methoxy groups -OCH3 is 1. The van der Waals surface area contributed by atoms with Gasteiger partial charge in [0, 0.05) is 20.1 Å².